The van der Waals surface area contributed by atoms with Gasteiger partial charge in [0.15, 0.2) is 0 Å². The van der Waals surface area contributed by atoms with Gasteiger partial charge in [0.25, 0.3) is 5.91 Å². The number of anilines is 1. The van der Waals surface area contributed by atoms with Crippen LogP contribution in [0.1, 0.15) is 15.9 Å². The molecular formula is C22H15F2N3O2. The van der Waals surface area contributed by atoms with Crippen molar-refractivity contribution in [3.8, 4) is 22.9 Å². The van der Waals surface area contributed by atoms with Crippen LogP contribution in [0.4, 0.5) is 14.5 Å². The molecule has 0 saturated carbocycles. The van der Waals surface area contributed by atoms with Crippen LogP contribution in [0.25, 0.3) is 22.9 Å². The van der Waals surface area contributed by atoms with Gasteiger partial charge in [0.05, 0.1) is 5.69 Å². The van der Waals surface area contributed by atoms with Crippen molar-refractivity contribution >= 4 is 11.6 Å². The van der Waals surface area contributed by atoms with Gasteiger partial charge < -0.3 is 9.73 Å². The third-order valence-corrected chi connectivity index (χ3v) is 4.26. The first kappa shape index (κ1) is 18.5. The Labute approximate surface area is 165 Å². The lowest BCUT2D eigenvalue weighted by molar-refractivity contribution is 0.102. The molecule has 0 bridgehead atoms. The zero-order valence-corrected chi connectivity index (χ0v) is 15.3. The van der Waals surface area contributed by atoms with E-state index in [1.54, 1.807) is 24.3 Å². The van der Waals surface area contributed by atoms with Crippen molar-refractivity contribution < 1.29 is 18.0 Å². The zero-order valence-electron chi connectivity index (χ0n) is 15.3. The van der Waals surface area contributed by atoms with E-state index in [4.69, 9.17) is 4.42 Å². The SMILES string of the molecule is Cc1cccc(-c2nnc(-c3ccc(C(=O)Nc4ccc(F)cc4F)cc3)o2)c1. The summed E-state index contributed by atoms with van der Waals surface area (Å²) in [6.45, 7) is 1.97. The fourth-order valence-electron chi connectivity index (χ4n) is 2.78. The van der Waals surface area contributed by atoms with Crippen LogP contribution in [0.3, 0.4) is 0 Å². The van der Waals surface area contributed by atoms with E-state index in [2.05, 4.69) is 15.5 Å². The van der Waals surface area contributed by atoms with Crippen molar-refractivity contribution in [1.29, 1.82) is 0 Å². The van der Waals surface area contributed by atoms with E-state index < -0.39 is 17.5 Å². The van der Waals surface area contributed by atoms with Crippen molar-refractivity contribution in [2.24, 2.45) is 0 Å². The Bertz CT molecular complexity index is 1190. The summed E-state index contributed by atoms with van der Waals surface area (Å²) in [6, 6.07) is 17.1. The Morgan fingerprint density at radius 2 is 1.62 bits per heavy atom. The quantitative estimate of drug-likeness (QED) is 0.516. The lowest BCUT2D eigenvalue weighted by Crippen LogP contribution is -2.13. The van der Waals surface area contributed by atoms with E-state index in [-0.39, 0.29) is 5.69 Å². The molecule has 7 heteroatoms. The number of amides is 1. The van der Waals surface area contributed by atoms with Crippen molar-refractivity contribution in [1.82, 2.24) is 10.2 Å². The lowest BCUT2D eigenvalue weighted by Gasteiger charge is -2.06. The van der Waals surface area contributed by atoms with E-state index in [1.807, 2.05) is 31.2 Å². The second-order valence-corrected chi connectivity index (χ2v) is 6.44. The van der Waals surface area contributed by atoms with Crippen LogP contribution in [0, 0.1) is 18.6 Å². The minimum Gasteiger partial charge on any atom is -0.416 e. The lowest BCUT2D eigenvalue weighted by atomic mass is 10.1. The number of carbonyl (C=O) groups is 1. The predicted molar refractivity (Wildman–Crippen MR) is 104 cm³/mol. The van der Waals surface area contributed by atoms with Crippen molar-refractivity contribution in [2.45, 2.75) is 6.92 Å². The molecule has 0 fully saturated rings. The smallest absolute Gasteiger partial charge is 0.255 e. The molecule has 4 rings (SSSR count). The summed E-state index contributed by atoms with van der Waals surface area (Å²) in [4.78, 5) is 12.3. The summed E-state index contributed by atoms with van der Waals surface area (Å²) in [6.07, 6.45) is 0. The molecule has 29 heavy (non-hydrogen) atoms. The third-order valence-electron chi connectivity index (χ3n) is 4.26. The fraction of sp³-hybridized carbons (Fsp3) is 0.0455. The topological polar surface area (TPSA) is 68.0 Å². The number of aryl methyl sites for hydroxylation is 1. The van der Waals surface area contributed by atoms with Crippen LogP contribution in [-0.4, -0.2) is 16.1 Å². The average Bonchev–Trinajstić information content (AvgIpc) is 3.20. The maximum atomic E-state index is 13.7. The molecule has 0 unspecified atom stereocenters. The highest BCUT2D eigenvalue weighted by Crippen LogP contribution is 2.25. The van der Waals surface area contributed by atoms with E-state index >= 15 is 0 Å². The van der Waals surface area contributed by atoms with Crippen LogP contribution in [0.5, 0.6) is 0 Å². The minimum atomic E-state index is -0.843. The van der Waals surface area contributed by atoms with Crippen LogP contribution in [0.15, 0.2) is 71.1 Å². The van der Waals surface area contributed by atoms with Crippen LogP contribution in [0.2, 0.25) is 0 Å². The van der Waals surface area contributed by atoms with Gasteiger partial charge in [-0.05, 0) is 55.5 Å². The molecule has 1 N–H and O–H groups in total. The highest BCUT2D eigenvalue weighted by molar-refractivity contribution is 6.04. The average molecular weight is 391 g/mol. The van der Waals surface area contributed by atoms with Crippen molar-refractivity contribution in [3.63, 3.8) is 0 Å². The Morgan fingerprint density at radius 3 is 2.31 bits per heavy atom. The van der Waals surface area contributed by atoms with Crippen molar-refractivity contribution in [2.75, 3.05) is 5.32 Å². The Balaban J connectivity index is 1.51. The fourth-order valence-corrected chi connectivity index (χ4v) is 2.78. The van der Waals surface area contributed by atoms with E-state index in [0.29, 0.717) is 29.0 Å². The standard InChI is InChI=1S/C22H15F2N3O2/c1-13-3-2-4-16(11-13)22-27-26-21(29-22)15-7-5-14(6-8-15)20(28)25-19-10-9-17(23)12-18(19)24/h2-12H,1H3,(H,25,28). The molecule has 1 heterocycles. The van der Waals surface area contributed by atoms with E-state index in [1.165, 1.54) is 6.07 Å². The highest BCUT2D eigenvalue weighted by Gasteiger charge is 2.13. The summed E-state index contributed by atoms with van der Waals surface area (Å²) in [5, 5.41) is 10.5. The summed E-state index contributed by atoms with van der Waals surface area (Å²) in [5.74, 6) is -1.36. The molecule has 3 aromatic carbocycles. The Morgan fingerprint density at radius 1 is 0.897 bits per heavy atom. The van der Waals surface area contributed by atoms with Gasteiger partial charge in [-0.2, -0.15) is 0 Å². The van der Waals surface area contributed by atoms with Gasteiger partial charge in [0, 0.05) is 22.8 Å². The number of benzene rings is 3. The zero-order chi connectivity index (χ0) is 20.4. The summed E-state index contributed by atoms with van der Waals surface area (Å²) < 4.78 is 32.4. The second kappa shape index (κ2) is 7.63. The first-order valence-electron chi connectivity index (χ1n) is 8.77. The number of hydrogen-bond acceptors (Lipinski definition) is 4. The molecule has 0 aliphatic heterocycles. The van der Waals surface area contributed by atoms with Gasteiger partial charge in [-0.1, -0.05) is 17.7 Å². The van der Waals surface area contributed by atoms with Gasteiger partial charge in [-0.3, -0.25) is 4.79 Å². The molecule has 0 saturated heterocycles. The molecule has 0 spiro atoms. The molecule has 1 amide bonds. The number of aromatic nitrogens is 2. The molecule has 0 atom stereocenters. The van der Waals surface area contributed by atoms with Gasteiger partial charge in [0.1, 0.15) is 11.6 Å². The van der Waals surface area contributed by atoms with Crippen LogP contribution in [-0.2, 0) is 0 Å². The van der Waals surface area contributed by atoms with E-state index in [9.17, 15) is 13.6 Å². The maximum absolute atomic E-state index is 13.7. The summed E-state index contributed by atoms with van der Waals surface area (Å²) >= 11 is 0. The van der Waals surface area contributed by atoms with Gasteiger partial charge in [-0.15, -0.1) is 10.2 Å². The molecule has 0 aliphatic carbocycles. The van der Waals surface area contributed by atoms with Crippen molar-refractivity contribution in [3.05, 3.63) is 89.5 Å². The molecule has 5 nitrogen and oxygen atoms in total. The van der Waals surface area contributed by atoms with Crippen LogP contribution < -0.4 is 5.32 Å². The molecular weight excluding hydrogens is 376 g/mol. The number of halogens is 2. The van der Waals surface area contributed by atoms with Gasteiger partial charge in [0.2, 0.25) is 11.8 Å². The van der Waals surface area contributed by atoms with Crippen LogP contribution >= 0.6 is 0 Å². The molecule has 4 aromatic rings. The first-order chi connectivity index (χ1) is 14.0. The molecule has 1 aromatic heterocycles. The van der Waals surface area contributed by atoms with Gasteiger partial charge in [-0.25, -0.2) is 8.78 Å². The maximum Gasteiger partial charge on any atom is 0.255 e. The predicted octanol–water partition coefficient (Wildman–Crippen LogP) is 5.24. The van der Waals surface area contributed by atoms with Gasteiger partial charge >= 0.3 is 0 Å². The third kappa shape index (κ3) is 4.03. The number of nitrogens with one attached hydrogen (secondary N) is 1. The number of nitrogens with zero attached hydrogens (tertiary/aromatic N) is 2. The number of hydrogen-bond donors (Lipinski definition) is 1. The monoisotopic (exact) mass is 391 g/mol. The molecule has 0 aliphatic rings. The largest absolute Gasteiger partial charge is 0.416 e. The summed E-state index contributed by atoms with van der Waals surface area (Å²) in [7, 11) is 0. The Kier molecular flexibility index (Phi) is 4.87. The highest BCUT2D eigenvalue weighted by atomic mass is 19.1. The second-order valence-electron chi connectivity index (χ2n) is 6.44. The number of rotatable bonds is 4. The summed E-state index contributed by atoms with van der Waals surface area (Å²) in [5.41, 5.74) is 2.74. The number of carbonyl (C=O) groups excluding carboxylic acids is 1. The molecule has 0 radical (unpaired) electrons. The Hall–Kier alpha value is -3.87. The first-order valence-corrected chi connectivity index (χ1v) is 8.77. The van der Waals surface area contributed by atoms with E-state index in [0.717, 1.165) is 17.2 Å². The molecule has 144 valence electrons. The normalized spacial score (nSPS) is 10.7. The minimum absolute atomic E-state index is 0.0971.